The van der Waals surface area contributed by atoms with Gasteiger partial charge in [-0.25, -0.2) is 9.59 Å². The molecule has 1 aliphatic rings. The normalized spacial score (nSPS) is 16.5. The Morgan fingerprint density at radius 3 is 2.21 bits per heavy atom. The first-order valence-electron chi connectivity index (χ1n) is 16.2. The van der Waals surface area contributed by atoms with Crippen LogP contribution in [0.25, 0.3) is 0 Å². The molecule has 3 aromatic carbocycles. The molecule has 5 rings (SSSR count). The van der Waals surface area contributed by atoms with Crippen LogP contribution in [0, 0.1) is 0 Å². The van der Waals surface area contributed by atoms with Crippen molar-refractivity contribution in [3.8, 4) is 0 Å². The zero-order valence-electron chi connectivity index (χ0n) is 27.0. The number of morpholine rings is 1. The van der Waals surface area contributed by atoms with Gasteiger partial charge in [-0.1, -0.05) is 91.0 Å². The number of carbonyl (C=O) groups excluding carboxylic acids is 3. The van der Waals surface area contributed by atoms with Gasteiger partial charge in [0.1, 0.15) is 12.6 Å². The fourth-order valence-corrected chi connectivity index (χ4v) is 5.89. The molecule has 0 spiro atoms. The predicted molar refractivity (Wildman–Crippen MR) is 181 cm³/mol. The lowest BCUT2D eigenvalue weighted by Gasteiger charge is -2.30. The van der Waals surface area contributed by atoms with Crippen LogP contribution < -0.4 is 16.0 Å². The Bertz CT molecular complexity index is 1560. The maximum Gasteiger partial charge on any atom is 0.407 e. The van der Waals surface area contributed by atoms with Crippen LogP contribution in [0.5, 0.6) is 0 Å². The quantitative estimate of drug-likeness (QED) is 0.175. The molecular formula is C38H42N4O6. The predicted octanol–water partition coefficient (Wildman–Crippen LogP) is 4.97. The van der Waals surface area contributed by atoms with E-state index in [1.807, 2.05) is 97.1 Å². The summed E-state index contributed by atoms with van der Waals surface area (Å²) in [4.78, 5) is 42.8. The van der Waals surface area contributed by atoms with E-state index in [2.05, 4.69) is 20.9 Å². The van der Waals surface area contributed by atoms with Crippen LogP contribution >= 0.6 is 0 Å². The number of ether oxygens (including phenoxy) is 3. The summed E-state index contributed by atoms with van der Waals surface area (Å²) in [5.41, 5.74) is 4.69. The van der Waals surface area contributed by atoms with Crippen LogP contribution in [0.4, 0.5) is 9.59 Å². The second-order valence-electron chi connectivity index (χ2n) is 11.7. The number of pyridine rings is 1. The fraction of sp³-hybridized carbons (Fsp3) is 0.316. The molecule has 0 radical (unpaired) electrons. The number of aromatic nitrogens is 1. The standard InChI is InChI=1S/C38H42N4O6/c1-46-38(45)42-36(35(29-13-4-2-5-14-29)30-15-6-3-7-16-30)34(43)21-31-17-9-8-12-28(31)18-19-33-24-40-32(25-47-33)26-48-37(44)41-23-27-11-10-20-39-22-27/h2-17,20,22,32-33,35-36,40H,18-19,21,23-26H2,1H3,(H,41,44)(H,42,45)/t32-,33+,36+/m0/s1. The molecule has 1 aliphatic heterocycles. The minimum Gasteiger partial charge on any atom is -0.453 e. The lowest BCUT2D eigenvalue weighted by Crippen LogP contribution is -2.49. The van der Waals surface area contributed by atoms with Crippen molar-refractivity contribution in [1.82, 2.24) is 20.9 Å². The summed E-state index contributed by atoms with van der Waals surface area (Å²) in [5.74, 6) is -0.523. The van der Waals surface area contributed by atoms with E-state index in [9.17, 15) is 14.4 Å². The number of alkyl carbamates (subject to hydrolysis) is 2. The van der Waals surface area contributed by atoms with Gasteiger partial charge < -0.3 is 30.2 Å². The third kappa shape index (κ3) is 9.97. The van der Waals surface area contributed by atoms with Crippen LogP contribution in [-0.4, -0.2) is 68.0 Å². The molecule has 0 saturated carbocycles. The average Bonchev–Trinajstić information content (AvgIpc) is 3.14. The van der Waals surface area contributed by atoms with Crippen LogP contribution in [0.3, 0.4) is 0 Å². The van der Waals surface area contributed by atoms with Gasteiger partial charge in [-0.05, 0) is 46.7 Å². The van der Waals surface area contributed by atoms with Crippen LogP contribution in [0.2, 0.25) is 0 Å². The van der Waals surface area contributed by atoms with Crippen molar-refractivity contribution in [2.75, 3.05) is 26.9 Å². The van der Waals surface area contributed by atoms with Gasteiger partial charge >= 0.3 is 12.2 Å². The molecule has 10 heteroatoms. The van der Waals surface area contributed by atoms with Crippen molar-refractivity contribution in [1.29, 1.82) is 0 Å². The number of ketones is 1. The Labute approximate surface area is 281 Å². The number of amides is 2. The third-order valence-corrected chi connectivity index (χ3v) is 8.42. The topological polar surface area (TPSA) is 128 Å². The van der Waals surface area contributed by atoms with E-state index in [0.717, 1.165) is 34.2 Å². The molecule has 1 aromatic heterocycles. The first-order valence-corrected chi connectivity index (χ1v) is 16.2. The van der Waals surface area contributed by atoms with E-state index in [0.29, 0.717) is 26.1 Å². The van der Waals surface area contributed by atoms with E-state index in [4.69, 9.17) is 14.2 Å². The Hall–Kier alpha value is -5.06. The number of nitrogens with one attached hydrogen (secondary N) is 3. The van der Waals surface area contributed by atoms with Gasteiger partial charge in [-0.15, -0.1) is 0 Å². The molecule has 2 heterocycles. The molecule has 3 N–H and O–H groups in total. The van der Waals surface area contributed by atoms with Crippen LogP contribution in [-0.2, 0) is 38.4 Å². The molecule has 0 bridgehead atoms. The molecule has 10 nitrogen and oxygen atoms in total. The second-order valence-corrected chi connectivity index (χ2v) is 11.7. The summed E-state index contributed by atoms with van der Waals surface area (Å²) in [6.45, 7) is 1.58. The highest BCUT2D eigenvalue weighted by atomic mass is 16.6. The third-order valence-electron chi connectivity index (χ3n) is 8.42. The summed E-state index contributed by atoms with van der Waals surface area (Å²) in [6.07, 6.45) is 3.80. The van der Waals surface area contributed by atoms with Gasteiger partial charge in [0.25, 0.3) is 0 Å². The minimum absolute atomic E-state index is 0.0290. The first-order chi connectivity index (χ1) is 23.5. The number of methoxy groups -OCH3 is 1. The van der Waals surface area contributed by atoms with Gasteiger partial charge in [-0.2, -0.15) is 0 Å². The molecule has 0 unspecified atom stereocenters. The molecule has 3 atom stereocenters. The summed E-state index contributed by atoms with van der Waals surface area (Å²) >= 11 is 0. The minimum atomic E-state index is -0.849. The van der Waals surface area contributed by atoms with Crippen LogP contribution in [0.1, 0.15) is 40.2 Å². The summed E-state index contributed by atoms with van der Waals surface area (Å²) in [6, 6.07) is 30.1. The Morgan fingerprint density at radius 2 is 1.58 bits per heavy atom. The largest absolute Gasteiger partial charge is 0.453 e. The molecule has 48 heavy (non-hydrogen) atoms. The van der Waals surface area contributed by atoms with E-state index in [1.54, 1.807) is 12.4 Å². The number of hydrogen-bond donors (Lipinski definition) is 3. The van der Waals surface area contributed by atoms with Gasteiger partial charge in [0, 0.05) is 37.8 Å². The number of carbonyl (C=O) groups is 3. The number of aryl methyl sites for hydroxylation is 1. The van der Waals surface area contributed by atoms with Crippen LogP contribution in [0.15, 0.2) is 109 Å². The highest BCUT2D eigenvalue weighted by Gasteiger charge is 2.33. The summed E-state index contributed by atoms with van der Waals surface area (Å²) in [5, 5.41) is 8.99. The molecule has 2 amide bonds. The van der Waals surface area contributed by atoms with Crippen molar-refractivity contribution in [2.24, 2.45) is 0 Å². The van der Waals surface area contributed by atoms with E-state index >= 15 is 0 Å². The first kappa shape index (κ1) is 34.3. The van der Waals surface area contributed by atoms with Gasteiger partial charge in [-0.3, -0.25) is 9.78 Å². The van der Waals surface area contributed by atoms with Gasteiger partial charge in [0.05, 0.1) is 25.9 Å². The lowest BCUT2D eigenvalue weighted by molar-refractivity contribution is -0.120. The maximum absolute atomic E-state index is 14.1. The summed E-state index contributed by atoms with van der Waals surface area (Å²) < 4.78 is 16.4. The zero-order chi connectivity index (χ0) is 33.6. The monoisotopic (exact) mass is 650 g/mol. The van der Waals surface area contributed by atoms with Crippen molar-refractivity contribution in [3.63, 3.8) is 0 Å². The number of nitrogens with zero attached hydrogens (tertiary/aromatic N) is 1. The smallest absolute Gasteiger partial charge is 0.407 e. The van der Waals surface area contributed by atoms with E-state index in [-0.39, 0.29) is 31.0 Å². The van der Waals surface area contributed by atoms with Crippen molar-refractivity contribution in [3.05, 3.63) is 137 Å². The van der Waals surface area contributed by atoms with Crippen molar-refractivity contribution < 1.29 is 28.6 Å². The Balaban J connectivity index is 1.17. The van der Waals surface area contributed by atoms with E-state index < -0.39 is 24.1 Å². The second kappa shape index (κ2) is 17.7. The highest BCUT2D eigenvalue weighted by Crippen LogP contribution is 2.30. The van der Waals surface area contributed by atoms with Gasteiger partial charge in [0.2, 0.25) is 0 Å². The zero-order valence-corrected chi connectivity index (χ0v) is 27.0. The Morgan fingerprint density at radius 1 is 0.896 bits per heavy atom. The average molecular weight is 651 g/mol. The van der Waals surface area contributed by atoms with Crippen molar-refractivity contribution >= 4 is 18.0 Å². The molecule has 1 fully saturated rings. The van der Waals surface area contributed by atoms with Crippen molar-refractivity contribution in [2.45, 2.75) is 49.9 Å². The Kier molecular flexibility index (Phi) is 12.7. The number of hydrogen-bond acceptors (Lipinski definition) is 8. The summed E-state index contributed by atoms with van der Waals surface area (Å²) in [7, 11) is 1.30. The SMILES string of the molecule is COC(=O)N[C@H](C(=O)Cc1ccccc1CC[C@@H]1CN[C@H](COC(=O)NCc2cccnc2)CO1)C(c1ccccc1)c1ccccc1. The molecule has 0 aliphatic carbocycles. The number of benzene rings is 3. The number of rotatable bonds is 14. The highest BCUT2D eigenvalue weighted by molar-refractivity contribution is 5.91. The number of Topliss-reactive ketones (excluding diaryl/α,β-unsaturated/α-hetero) is 1. The maximum atomic E-state index is 14.1. The molecule has 250 valence electrons. The fourth-order valence-electron chi connectivity index (χ4n) is 5.89. The molecule has 1 saturated heterocycles. The lowest BCUT2D eigenvalue weighted by atomic mass is 9.81. The van der Waals surface area contributed by atoms with E-state index in [1.165, 1.54) is 7.11 Å². The molecular weight excluding hydrogens is 608 g/mol. The van der Waals surface area contributed by atoms with Gasteiger partial charge in [0.15, 0.2) is 5.78 Å². The molecule has 4 aromatic rings.